The minimum absolute atomic E-state index is 0.181. The summed E-state index contributed by atoms with van der Waals surface area (Å²) in [5, 5.41) is 2.80. The van der Waals surface area contributed by atoms with Crippen LogP contribution in [0.5, 0.6) is 5.75 Å². The Labute approximate surface area is 106 Å². The van der Waals surface area contributed by atoms with E-state index in [1.54, 1.807) is 27.0 Å². The molecular formula is C13H18FNO3. The van der Waals surface area contributed by atoms with Gasteiger partial charge in [-0.05, 0) is 38.6 Å². The van der Waals surface area contributed by atoms with Crippen molar-refractivity contribution in [3.63, 3.8) is 0 Å². The van der Waals surface area contributed by atoms with Crippen molar-refractivity contribution >= 4 is 5.97 Å². The van der Waals surface area contributed by atoms with Gasteiger partial charge in [0.25, 0.3) is 0 Å². The lowest BCUT2D eigenvalue weighted by molar-refractivity contribution is -0.145. The molecule has 4 nitrogen and oxygen atoms in total. The van der Waals surface area contributed by atoms with Crippen LogP contribution in [-0.4, -0.2) is 26.2 Å². The topological polar surface area (TPSA) is 47.6 Å². The maximum atomic E-state index is 13.7. The standard InChI is InChI=1S/C13H18FNO3/c1-4-17-11-7-6-9(8-10(11)14)12(15-3)13(16)18-5-2/h6-8,12,15H,4-5H2,1-3H3. The van der Waals surface area contributed by atoms with Crippen LogP contribution in [-0.2, 0) is 9.53 Å². The second-order valence-electron chi connectivity index (χ2n) is 3.60. The minimum Gasteiger partial charge on any atom is -0.491 e. The van der Waals surface area contributed by atoms with Gasteiger partial charge in [-0.3, -0.25) is 0 Å². The third-order valence-electron chi connectivity index (χ3n) is 2.40. The third-order valence-corrected chi connectivity index (χ3v) is 2.40. The minimum atomic E-state index is -0.671. The van der Waals surface area contributed by atoms with Gasteiger partial charge in [0.2, 0.25) is 0 Å². The zero-order valence-corrected chi connectivity index (χ0v) is 10.8. The number of carbonyl (C=O) groups excluding carboxylic acids is 1. The van der Waals surface area contributed by atoms with Crippen molar-refractivity contribution in [1.82, 2.24) is 5.32 Å². The molecule has 1 aromatic carbocycles. The summed E-state index contributed by atoms with van der Waals surface area (Å²) in [7, 11) is 1.62. The van der Waals surface area contributed by atoms with Crippen LogP contribution in [0.2, 0.25) is 0 Å². The monoisotopic (exact) mass is 255 g/mol. The number of nitrogens with one attached hydrogen (secondary N) is 1. The molecule has 0 saturated heterocycles. The largest absolute Gasteiger partial charge is 0.491 e. The fourth-order valence-corrected chi connectivity index (χ4v) is 1.62. The van der Waals surface area contributed by atoms with Crippen LogP contribution in [0.15, 0.2) is 18.2 Å². The highest BCUT2D eigenvalue weighted by molar-refractivity contribution is 5.77. The average Bonchev–Trinajstić information content (AvgIpc) is 2.34. The van der Waals surface area contributed by atoms with E-state index in [1.807, 2.05) is 0 Å². The number of esters is 1. The fourth-order valence-electron chi connectivity index (χ4n) is 1.62. The summed E-state index contributed by atoms with van der Waals surface area (Å²) in [5.41, 5.74) is 0.511. The first-order valence-corrected chi connectivity index (χ1v) is 5.90. The zero-order valence-electron chi connectivity index (χ0n) is 10.8. The first-order valence-electron chi connectivity index (χ1n) is 5.90. The molecule has 1 atom stereocenters. The molecule has 0 bridgehead atoms. The second-order valence-corrected chi connectivity index (χ2v) is 3.60. The number of hydrogen-bond donors (Lipinski definition) is 1. The summed E-state index contributed by atoms with van der Waals surface area (Å²) in [6, 6.07) is 3.77. The third kappa shape index (κ3) is 3.43. The average molecular weight is 255 g/mol. The van der Waals surface area contributed by atoms with Gasteiger partial charge < -0.3 is 14.8 Å². The Balaban J connectivity index is 2.93. The number of rotatable bonds is 6. The Bertz CT molecular complexity index is 409. The molecule has 0 aliphatic rings. The zero-order chi connectivity index (χ0) is 13.5. The number of ether oxygens (including phenoxy) is 2. The van der Waals surface area contributed by atoms with Crippen LogP contribution in [0.4, 0.5) is 4.39 Å². The highest BCUT2D eigenvalue weighted by Gasteiger charge is 2.21. The van der Waals surface area contributed by atoms with Crippen molar-refractivity contribution < 1.29 is 18.7 Å². The predicted molar refractivity (Wildman–Crippen MR) is 66.0 cm³/mol. The maximum absolute atomic E-state index is 13.7. The van der Waals surface area contributed by atoms with Crippen molar-refractivity contribution in [2.75, 3.05) is 20.3 Å². The molecule has 1 rings (SSSR count). The number of hydrogen-bond acceptors (Lipinski definition) is 4. The van der Waals surface area contributed by atoms with Gasteiger partial charge in [-0.25, -0.2) is 9.18 Å². The van der Waals surface area contributed by atoms with Gasteiger partial charge in [0.1, 0.15) is 6.04 Å². The van der Waals surface area contributed by atoms with E-state index in [9.17, 15) is 9.18 Å². The van der Waals surface area contributed by atoms with Gasteiger partial charge in [-0.15, -0.1) is 0 Å². The summed E-state index contributed by atoms with van der Waals surface area (Å²) < 4.78 is 23.7. The van der Waals surface area contributed by atoms with E-state index in [1.165, 1.54) is 12.1 Å². The van der Waals surface area contributed by atoms with Gasteiger partial charge in [0.05, 0.1) is 13.2 Å². The van der Waals surface area contributed by atoms with Crippen molar-refractivity contribution in [3.05, 3.63) is 29.6 Å². The molecule has 0 fully saturated rings. The first kappa shape index (κ1) is 14.4. The number of likely N-dealkylation sites (N-methyl/N-ethyl adjacent to an activating group) is 1. The van der Waals surface area contributed by atoms with Crippen LogP contribution >= 0.6 is 0 Å². The fraction of sp³-hybridized carbons (Fsp3) is 0.462. The predicted octanol–water partition coefficient (Wildman–Crippen LogP) is 2.05. The molecule has 0 amide bonds. The Kier molecular flexibility index (Phi) is 5.58. The molecule has 0 heterocycles. The summed E-state index contributed by atoms with van der Waals surface area (Å²) >= 11 is 0. The van der Waals surface area contributed by atoms with E-state index in [2.05, 4.69) is 5.32 Å². The molecule has 100 valence electrons. The van der Waals surface area contributed by atoms with Gasteiger partial charge in [0.15, 0.2) is 11.6 Å². The number of carbonyl (C=O) groups is 1. The molecule has 0 spiro atoms. The molecule has 5 heteroatoms. The lowest BCUT2D eigenvalue weighted by Gasteiger charge is -2.15. The Morgan fingerprint density at radius 2 is 2.11 bits per heavy atom. The van der Waals surface area contributed by atoms with E-state index in [4.69, 9.17) is 9.47 Å². The molecule has 0 radical (unpaired) electrons. The van der Waals surface area contributed by atoms with Crippen LogP contribution in [0.1, 0.15) is 25.5 Å². The number of halogens is 1. The quantitative estimate of drug-likeness (QED) is 0.790. The van der Waals surface area contributed by atoms with Gasteiger partial charge >= 0.3 is 5.97 Å². The van der Waals surface area contributed by atoms with Crippen molar-refractivity contribution in [1.29, 1.82) is 0 Å². The van der Waals surface area contributed by atoms with E-state index in [0.29, 0.717) is 12.2 Å². The Morgan fingerprint density at radius 1 is 1.39 bits per heavy atom. The molecule has 1 aromatic rings. The summed E-state index contributed by atoms with van der Waals surface area (Å²) in [4.78, 5) is 11.7. The van der Waals surface area contributed by atoms with Crippen LogP contribution in [0, 0.1) is 5.82 Å². The van der Waals surface area contributed by atoms with E-state index >= 15 is 0 Å². The molecule has 0 saturated carbocycles. The van der Waals surface area contributed by atoms with Crippen molar-refractivity contribution in [3.8, 4) is 5.75 Å². The summed E-state index contributed by atoms with van der Waals surface area (Å²) in [5.74, 6) is -0.734. The Morgan fingerprint density at radius 3 is 2.61 bits per heavy atom. The van der Waals surface area contributed by atoms with Gasteiger partial charge in [0, 0.05) is 0 Å². The molecule has 0 aromatic heterocycles. The highest BCUT2D eigenvalue weighted by atomic mass is 19.1. The molecule has 0 aliphatic heterocycles. The lowest BCUT2D eigenvalue weighted by Crippen LogP contribution is -2.27. The van der Waals surface area contributed by atoms with Gasteiger partial charge in [-0.2, -0.15) is 0 Å². The van der Waals surface area contributed by atoms with Crippen LogP contribution in [0.3, 0.4) is 0 Å². The Hall–Kier alpha value is -1.62. The first-order chi connectivity index (χ1) is 8.63. The van der Waals surface area contributed by atoms with Crippen molar-refractivity contribution in [2.45, 2.75) is 19.9 Å². The maximum Gasteiger partial charge on any atom is 0.327 e. The van der Waals surface area contributed by atoms with E-state index in [0.717, 1.165) is 0 Å². The smallest absolute Gasteiger partial charge is 0.327 e. The lowest BCUT2D eigenvalue weighted by atomic mass is 10.1. The summed E-state index contributed by atoms with van der Waals surface area (Å²) in [6.45, 7) is 4.19. The molecule has 1 unspecified atom stereocenters. The molecule has 1 N–H and O–H groups in total. The van der Waals surface area contributed by atoms with Crippen molar-refractivity contribution in [2.24, 2.45) is 0 Å². The highest BCUT2D eigenvalue weighted by Crippen LogP contribution is 2.22. The van der Waals surface area contributed by atoms with E-state index in [-0.39, 0.29) is 12.4 Å². The SMILES string of the molecule is CCOC(=O)C(NC)c1ccc(OCC)c(F)c1. The molecule has 0 aliphatic carbocycles. The van der Waals surface area contributed by atoms with E-state index < -0.39 is 17.8 Å². The van der Waals surface area contributed by atoms with Crippen LogP contribution < -0.4 is 10.1 Å². The number of benzene rings is 1. The molecular weight excluding hydrogens is 237 g/mol. The van der Waals surface area contributed by atoms with Gasteiger partial charge in [-0.1, -0.05) is 6.07 Å². The molecule has 18 heavy (non-hydrogen) atoms. The van der Waals surface area contributed by atoms with Crippen LogP contribution in [0.25, 0.3) is 0 Å². The summed E-state index contributed by atoms with van der Waals surface area (Å²) in [6.07, 6.45) is 0. The second kappa shape index (κ2) is 6.96. The normalized spacial score (nSPS) is 12.0.